The van der Waals surface area contributed by atoms with Gasteiger partial charge in [-0.1, -0.05) is 6.42 Å². The van der Waals surface area contributed by atoms with E-state index in [1.165, 1.54) is 0 Å². The van der Waals surface area contributed by atoms with Crippen molar-refractivity contribution in [2.75, 3.05) is 20.1 Å². The van der Waals surface area contributed by atoms with Crippen molar-refractivity contribution in [2.45, 2.75) is 45.1 Å². The zero-order valence-electron chi connectivity index (χ0n) is 10.3. The number of ketones is 1. The fraction of sp³-hybridized carbons (Fsp3) is 0.833. The van der Waals surface area contributed by atoms with E-state index in [1.807, 2.05) is 0 Å². The predicted octanol–water partition coefficient (Wildman–Crippen LogP) is 0.956. The summed E-state index contributed by atoms with van der Waals surface area (Å²) in [4.78, 5) is 24.7. The van der Waals surface area contributed by atoms with Gasteiger partial charge in [-0.2, -0.15) is 0 Å². The van der Waals surface area contributed by atoms with Crippen molar-refractivity contribution < 1.29 is 9.59 Å². The number of nitrogens with zero attached hydrogens (tertiary/aromatic N) is 1. The highest BCUT2D eigenvalue weighted by Crippen LogP contribution is 2.17. The number of likely N-dealkylation sites (tertiary alicyclic amines) is 1. The Morgan fingerprint density at radius 3 is 2.75 bits per heavy atom. The van der Waals surface area contributed by atoms with Crippen LogP contribution in [0.4, 0.5) is 0 Å². The molecule has 1 N–H and O–H groups in total. The van der Waals surface area contributed by atoms with Crippen LogP contribution in [0.15, 0.2) is 0 Å². The molecule has 92 valence electrons. The molecule has 1 aliphatic rings. The summed E-state index contributed by atoms with van der Waals surface area (Å²) in [5, 5.41) is 2.72. The summed E-state index contributed by atoms with van der Waals surface area (Å²) in [5.74, 6) is 0.344. The molecule has 1 fully saturated rings. The minimum atomic E-state index is 0.0192. The van der Waals surface area contributed by atoms with Crippen LogP contribution in [0, 0.1) is 0 Å². The van der Waals surface area contributed by atoms with Crippen LogP contribution in [-0.2, 0) is 9.59 Å². The van der Waals surface area contributed by atoms with Crippen molar-refractivity contribution in [3.05, 3.63) is 0 Å². The molecule has 1 saturated heterocycles. The molecule has 1 amide bonds. The van der Waals surface area contributed by atoms with Gasteiger partial charge in [0, 0.05) is 13.5 Å². The second-order valence-corrected chi connectivity index (χ2v) is 4.47. The van der Waals surface area contributed by atoms with Crippen LogP contribution in [0.2, 0.25) is 0 Å². The maximum absolute atomic E-state index is 11.7. The lowest BCUT2D eigenvalue weighted by molar-refractivity contribution is -0.127. The van der Waals surface area contributed by atoms with Gasteiger partial charge in [0.2, 0.25) is 5.91 Å². The average Bonchev–Trinajstić information content (AvgIpc) is 2.28. The van der Waals surface area contributed by atoms with Crippen molar-refractivity contribution in [1.29, 1.82) is 0 Å². The summed E-state index contributed by atoms with van der Waals surface area (Å²) in [5.41, 5.74) is 0. The first-order valence-electron chi connectivity index (χ1n) is 6.10. The quantitative estimate of drug-likeness (QED) is 0.759. The highest BCUT2D eigenvalue weighted by Gasteiger charge is 2.27. The van der Waals surface area contributed by atoms with Gasteiger partial charge in [0.05, 0.1) is 6.04 Å². The van der Waals surface area contributed by atoms with Gasteiger partial charge in [-0.3, -0.25) is 9.69 Å². The molecular formula is C12H22N2O2. The Bertz CT molecular complexity index is 253. The van der Waals surface area contributed by atoms with E-state index in [9.17, 15) is 9.59 Å². The van der Waals surface area contributed by atoms with Gasteiger partial charge in [-0.05, 0) is 39.3 Å². The number of hydrogen-bond donors (Lipinski definition) is 1. The maximum atomic E-state index is 11.7. The van der Waals surface area contributed by atoms with Gasteiger partial charge in [0.1, 0.15) is 5.78 Å². The molecule has 0 radical (unpaired) electrons. The summed E-state index contributed by atoms with van der Waals surface area (Å²) in [6, 6.07) is 0.0192. The van der Waals surface area contributed by atoms with E-state index in [0.29, 0.717) is 6.42 Å². The summed E-state index contributed by atoms with van der Waals surface area (Å²) in [6.45, 7) is 3.46. The van der Waals surface area contributed by atoms with Crippen LogP contribution in [0.1, 0.15) is 39.0 Å². The minimum absolute atomic E-state index is 0.0192. The van der Waals surface area contributed by atoms with Crippen molar-refractivity contribution >= 4 is 11.7 Å². The highest BCUT2D eigenvalue weighted by atomic mass is 16.2. The lowest BCUT2D eigenvalue weighted by Gasteiger charge is -2.34. The van der Waals surface area contributed by atoms with Gasteiger partial charge < -0.3 is 10.1 Å². The fourth-order valence-corrected chi connectivity index (χ4v) is 2.25. The number of carbonyl (C=O) groups is 2. The van der Waals surface area contributed by atoms with Gasteiger partial charge in [0.15, 0.2) is 0 Å². The van der Waals surface area contributed by atoms with Gasteiger partial charge >= 0.3 is 0 Å². The topological polar surface area (TPSA) is 49.4 Å². The molecule has 1 aliphatic heterocycles. The average molecular weight is 226 g/mol. The van der Waals surface area contributed by atoms with Crippen molar-refractivity contribution in [3.8, 4) is 0 Å². The SMILES string of the molecule is CNC(=O)C1CCCCN1CCCC(C)=O. The van der Waals surface area contributed by atoms with Crippen LogP contribution < -0.4 is 5.32 Å². The van der Waals surface area contributed by atoms with E-state index in [0.717, 1.165) is 38.8 Å². The van der Waals surface area contributed by atoms with Crippen LogP contribution in [0.3, 0.4) is 0 Å². The largest absolute Gasteiger partial charge is 0.358 e. The zero-order chi connectivity index (χ0) is 12.0. The number of rotatable bonds is 5. The molecule has 0 aliphatic carbocycles. The number of hydrogen-bond acceptors (Lipinski definition) is 3. The van der Waals surface area contributed by atoms with E-state index < -0.39 is 0 Å². The Balaban J connectivity index is 2.40. The Labute approximate surface area is 97.4 Å². The number of Topliss-reactive ketones (excluding diaryl/α,β-unsaturated/α-hetero) is 1. The maximum Gasteiger partial charge on any atom is 0.237 e. The lowest BCUT2D eigenvalue weighted by atomic mass is 10.0. The normalized spacial score (nSPS) is 21.8. The molecule has 0 bridgehead atoms. The Morgan fingerprint density at radius 2 is 2.12 bits per heavy atom. The number of carbonyl (C=O) groups excluding carboxylic acids is 2. The Kier molecular flexibility index (Phi) is 5.46. The summed E-state index contributed by atoms with van der Waals surface area (Å²) < 4.78 is 0. The first-order valence-corrected chi connectivity index (χ1v) is 6.10. The van der Waals surface area contributed by atoms with Crippen LogP contribution in [0.25, 0.3) is 0 Å². The second-order valence-electron chi connectivity index (χ2n) is 4.47. The second kappa shape index (κ2) is 6.63. The molecule has 0 spiro atoms. The molecule has 1 atom stereocenters. The summed E-state index contributed by atoms with van der Waals surface area (Å²) >= 11 is 0. The lowest BCUT2D eigenvalue weighted by Crippen LogP contribution is -2.48. The summed E-state index contributed by atoms with van der Waals surface area (Å²) in [6.07, 6.45) is 4.72. The van der Waals surface area contributed by atoms with Crippen LogP contribution >= 0.6 is 0 Å². The van der Waals surface area contributed by atoms with Gasteiger partial charge in [-0.15, -0.1) is 0 Å². The van der Waals surface area contributed by atoms with Crippen LogP contribution in [0.5, 0.6) is 0 Å². The third kappa shape index (κ3) is 3.93. The number of likely N-dealkylation sites (N-methyl/N-ethyl adjacent to an activating group) is 1. The molecule has 1 unspecified atom stereocenters. The van der Waals surface area contributed by atoms with E-state index >= 15 is 0 Å². The molecule has 0 aromatic heterocycles. The smallest absolute Gasteiger partial charge is 0.237 e. The minimum Gasteiger partial charge on any atom is -0.358 e. The molecule has 0 aromatic rings. The van der Waals surface area contributed by atoms with Crippen LogP contribution in [-0.4, -0.2) is 42.8 Å². The number of piperidine rings is 1. The standard InChI is InChI=1S/C12H22N2O2/c1-10(15)6-5-9-14-8-4-3-7-11(14)12(16)13-2/h11H,3-9H2,1-2H3,(H,13,16). The van der Waals surface area contributed by atoms with E-state index in [1.54, 1.807) is 14.0 Å². The van der Waals surface area contributed by atoms with E-state index in [4.69, 9.17) is 0 Å². The van der Waals surface area contributed by atoms with Crippen molar-refractivity contribution in [2.24, 2.45) is 0 Å². The molecule has 1 rings (SSSR count). The molecular weight excluding hydrogens is 204 g/mol. The predicted molar refractivity (Wildman–Crippen MR) is 63.2 cm³/mol. The number of nitrogens with one attached hydrogen (secondary N) is 1. The monoisotopic (exact) mass is 226 g/mol. The van der Waals surface area contributed by atoms with E-state index in [2.05, 4.69) is 10.2 Å². The summed E-state index contributed by atoms with van der Waals surface area (Å²) in [7, 11) is 1.69. The molecule has 0 aromatic carbocycles. The van der Waals surface area contributed by atoms with Crippen molar-refractivity contribution in [1.82, 2.24) is 10.2 Å². The molecule has 16 heavy (non-hydrogen) atoms. The van der Waals surface area contributed by atoms with Crippen molar-refractivity contribution in [3.63, 3.8) is 0 Å². The van der Waals surface area contributed by atoms with Gasteiger partial charge in [-0.25, -0.2) is 0 Å². The fourth-order valence-electron chi connectivity index (χ4n) is 2.25. The number of amides is 1. The molecule has 1 heterocycles. The zero-order valence-corrected chi connectivity index (χ0v) is 10.3. The first-order chi connectivity index (χ1) is 7.65. The third-order valence-electron chi connectivity index (χ3n) is 3.14. The Hall–Kier alpha value is -0.900. The molecule has 4 nitrogen and oxygen atoms in total. The van der Waals surface area contributed by atoms with Gasteiger partial charge in [0.25, 0.3) is 0 Å². The Morgan fingerprint density at radius 1 is 1.38 bits per heavy atom. The highest BCUT2D eigenvalue weighted by molar-refractivity contribution is 5.81. The molecule has 0 saturated carbocycles. The molecule has 4 heteroatoms. The van der Waals surface area contributed by atoms with E-state index in [-0.39, 0.29) is 17.7 Å². The first kappa shape index (κ1) is 13.2. The third-order valence-corrected chi connectivity index (χ3v) is 3.14.